The Morgan fingerprint density at radius 1 is 0.733 bits per heavy atom. The van der Waals surface area contributed by atoms with Crippen LogP contribution in [0.15, 0.2) is 24.3 Å². The molecule has 0 saturated carbocycles. The minimum atomic E-state index is -0.933. The van der Waals surface area contributed by atoms with Gasteiger partial charge in [-0.3, -0.25) is 0 Å². The smallest absolute Gasteiger partial charge is 0.0622 e. The molecule has 0 aliphatic heterocycles. The number of hydrogen-bond acceptors (Lipinski definition) is 0. The van der Waals surface area contributed by atoms with Crippen molar-refractivity contribution in [2.45, 2.75) is 64.2 Å². The van der Waals surface area contributed by atoms with Gasteiger partial charge >= 0.3 is 0 Å². The highest BCUT2D eigenvalue weighted by Gasteiger charge is 2.52. The predicted molar refractivity (Wildman–Crippen MR) is 74.4 cm³/mol. The van der Waals surface area contributed by atoms with E-state index < -0.39 is 7.26 Å². The summed E-state index contributed by atoms with van der Waals surface area (Å²) in [5, 5.41) is 0. The number of hydrogen-bond donors (Lipinski definition) is 0. The van der Waals surface area contributed by atoms with Crippen molar-refractivity contribution in [3.8, 4) is 0 Å². The lowest BCUT2D eigenvalue weighted by molar-refractivity contribution is 0.896. The molecule has 0 aromatic rings. The third-order valence-electron chi connectivity index (χ3n) is 3.93. The summed E-state index contributed by atoms with van der Waals surface area (Å²) >= 11 is 0. The molecule has 1 aliphatic rings. The van der Waals surface area contributed by atoms with E-state index in [0.29, 0.717) is 0 Å². The van der Waals surface area contributed by atoms with Gasteiger partial charge in [0.15, 0.2) is 0 Å². The molecule has 0 aromatic heterocycles. The van der Waals surface area contributed by atoms with Crippen molar-refractivity contribution in [1.29, 1.82) is 0 Å². The van der Waals surface area contributed by atoms with Crippen molar-refractivity contribution < 1.29 is 0 Å². The first-order chi connectivity index (χ1) is 6.94. The fourth-order valence-electron chi connectivity index (χ4n) is 3.54. The molecule has 0 spiro atoms. The predicted octanol–water partition coefficient (Wildman–Crippen LogP) is 4.72. The van der Waals surface area contributed by atoms with Crippen LogP contribution in [0.3, 0.4) is 0 Å². The van der Waals surface area contributed by atoms with Gasteiger partial charge in [0, 0.05) is 7.26 Å². The zero-order valence-electron chi connectivity index (χ0n) is 11.1. The van der Waals surface area contributed by atoms with Crippen molar-refractivity contribution in [3.63, 3.8) is 0 Å². The van der Waals surface area contributed by atoms with E-state index in [1.54, 1.807) is 0 Å². The standard InChI is InChI=1S/C14H26P/c1-11(2)15(12(3)4,13(5)6)14-9-7-8-10-14/h7-14H,1-6H3/q+1. The molecule has 0 amide bonds. The van der Waals surface area contributed by atoms with E-state index >= 15 is 0 Å². The van der Waals surface area contributed by atoms with E-state index in [-0.39, 0.29) is 0 Å². The van der Waals surface area contributed by atoms with E-state index in [1.165, 1.54) is 0 Å². The normalized spacial score (nSPS) is 17.7. The second kappa shape index (κ2) is 4.83. The third-order valence-corrected chi connectivity index (χ3v) is 10.7. The van der Waals surface area contributed by atoms with Crippen LogP contribution in [0.1, 0.15) is 41.5 Å². The van der Waals surface area contributed by atoms with Crippen molar-refractivity contribution in [2.24, 2.45) is 0 Å². The highest BCUT2D eigenvalue weighted by molar-refractivity contribution is 7.78. The first-order valence-electron chi connectivity index (χ1n) is 6.16. The summed E-state index contributed by atoms with van der Waals surface area (Å²) < 4.78 is 0. The van der Waals surface area contributed by atoms with Gasteiger partial charge < -0.3 is 0 Å². The second-order valence-corrected chi connectivity index (χ2v) is 10.9. The fourth-order valence-corrected chi connectivity index (χ4v) is 9.98. The average Bonchev–Trinajstić information content (AvgIpc) is 2.55. The number of allylic oxidation sites excluding steroid dienone is 4. The van der Waals surface area contributed by atoms with Gasteiger partial charge in [0.1, 0.15) is 5.66 Å². The molecule has 0 nitrogen and oxygen atoms in total. The van der Waals surface area contributed by atoms with Crippen LogP contribution in [-0.4, -0.2) is 22.6 Å². The highest BCUT2D eigenvalue weighted by atomic mass is 31.2. The molecule has 1 heteroatoms. The van der Waals surface area contributed by atoms with Crippen LogP contribution in [0.2, 0.25) is 0 Å². The molecule has 0 radical (unpaired) electrons. The van der Waals surface area contributed by atoms with Crippen LogP contribution in [-0.2, 0) is 0 Å². The van der Waals surface area contributed by atoms with Gasteiger partial charge in [-0.2, -0.15) is 0 Å². The Hall–Kier alpha value is -0.0900. The van der Waals surface area contributed by atoms with E-state index in [1.807, 2.05) is 0 Å². The molecule has 0 unspecified atom stereocenters. The molecule has 86 valence electrons. The lowest BCUT2D eigenvalue weighted by atomic mass is 10.4. The first kappa shape index (κ1) is 13.0. The van der Waals surface area contributed by atoms with Crippen LogP contribution in [0.5, 0.6) is 0 Å². The maximum atomic E-state index is 2.42. The molecule has 0 atom stereocenters. The molecular weight excluding hydrogens is 199 g/mol. The maximum absolute atomic E-state index is 2.42. The average molecular weight is 225 g/mol. The van der Waals surface area contributed by atoms with Gasteiger partial charge in [-0.05, 0) is 53.7 Å². The second-order valence-electron chi connectivity index (χ2n) is 5.44. The van der Waals surface area contributed by atoms with Crippen LogP contribution in [0, 0.1) is 0 Å². The molecule has 15 heavy (non-hydrogen) atoms. The lowest BCUT2D eigenvalue weighted by Gasteiger charge is -2.41. The van der Waals surface area contributed by atoms with Gasteiger partial charge in [0.2, 0.25) is 0 Å². The van der Waals surface area contributed by atoms with Crippen molar-refractivity contribution in [1.82, 2.24) is 0 Å². The molecule has 0 fully saturated rings. The van der Waals surface area contributed by atoms with E-state index in [2.05, 4.69) is 65.8 Å². The van der Waals surface area contributed by atoms with E-state index in [9.17, 15) is 0 Å². The van der Waals surface area contributed by atoms with Gasteiger partial charge in [0.05, 0.1) is 17.0 Å². The SMILES string of the molecule is CC(C)[P+](C(C)C)(C(C)C)C1C=CC=C1. The van der Waals surface area contributed by atoms with Gasteiger partial charge in [-0.15, -0.1) is 0 Å². The Morgan fingerprint density at radius 3 is 1.33 bits per heavy atom. The summed E-state index contributed by atoms with van der Waals surface area (Å²) in [4.78, 5) is 0. The minimum absolute atomic E-state index is 0.734. The third kappa shape index (κ3) is 2.07. The molecule has 1 aliphatic carbocycles. The summed E-state index contributed by atoms with van der Waals surface area (Å²) in [6, 6.07) is 0. The Labute approximate surface area is 96.2 Å². The number of rotatable bonds is 4. The quantitative estimate of drug-likeness (QED) is 0.607. The minimum Gasteiger partial charge on any atom is -0.0622 e. The van der Waals surface area contributed by atoms with Crippen LogP contribution >= 0.6 is 7.26 Å². The largest absolute Gasteiger partial charge is 0.107 e. The highest BCUT2D eigenvalue weighted by Crippen LogP contribution is 2.74. The Bertz CT molecular complexity index is 225. The zero-order valence-corrected chi connectivity index (χ0v) is 12.0. The maximum Gasteiger partial charge on any atom is 0.107 e. The van der Waals surface area contributed by atoms with Crippen LogP contribution in [0.4, 0.5) is 0 Å². The van der Waals surface area contributed by atoms with Crippen molar-refractivity contribution >= 4 is 7.26 Å². The Kier molecular flexibility index (Phi) is 4.18. The van der Waals surface area contributed by atoms with Crippen LogP contribution in [0.25, 0.3) is 0 Å². The molecule has 0 N–H and O–H groups in total. The molecule has 1 rings (SSSR count). The van der Waals surface area contributed by atoms with E-state index in [0.717, 1.165) is 22.6 Å². The molecular formula is C14H26P+. The monoisotopic (exact) mass is 225 g/mol. The van der Waals surface area contributed by atoms with Crippen molar-refractivity contribution in [2.75, 3.05) is 0 Å². The molecule has 0 saturated heterocycles. The summed E-state index contributed by atoms with van der Waals surface area (Å²) in [5.74, 6) is 0. The summed E-state index contributed by atoms with van der Waals surface area (Å²) in [6.07, 6.45) is 9.31. The van der Waals surface area contributed by atoms with Crippen LogP contribution < -0.4 is 0 Å². The first-order valence-corrected chi connectivity index (χ1v) is 8.23. The van der Waals surface area contributed by atoms with Gasteiger partial charge in [0.25, 0.3) is 0 Å². The zero-order chi connectivity index (χ0) is 11.6. The van der Waals surface area contributed by atoms with Gasteiger partial charge in [-0.25, -0.2) is 0 Å². The van der Waals surface area contributed by atoms with E-state index in [4.69, 9.17) is 0 Å². The lowest BCUT2D eigenvalue weighted by Crippen LogP contribution is -2.30. The Balaban J connectivity index is 3.13. The fraction of sp³-hybridized carbons (Fsp3) is 0.714. The molecule has 0 bridgehead atoms. The van der Waals surface area contributed by atoms with Crippen molar-refractivity contribution in [3.05, 3.63) is 24.3 Å². The Morgan fingerprint density at radius 2 is 1.07 bits per heavy atom. The summed E-state index contributed by atoms with van der Waals surface area (Å²) in [5.41, 5.74) is 3.22. The summed E-state index contributed by atoms with van der Waals surface area (Å²) in [6.45, 7) is 14.5. The summed E-state index contributed by atoms with van der Waals surface area (Å²) in [7, 11) is -0.933. The molecule has 0 aromatic carbocycles. The van der Waals surface area contributed by atoms with Gasteiger partial charge in [-0.1, -0.05) is 12.2 Å². The molecule has 0 heterocycles. The topological polar surface area (TPSA) is 0 Å².